The summed E-state index contributed by atoms with van der Waals surface area (Å²) in [5.41, 5.74) is 0.288. The summed E-state index contributed by atoms with van der Waals surface area (Å²) >= 11 is 0. The Labute approximate surface area is 181 Å². The number of nitrogens with one attached hydrogen (secondary N) is 1. The van der Waals surface area contributed by atoms with Gasteiger partial charge in [0.05, 0.1) is 18.6 Å². The quantitative estimate of drug-likeness (QED) is 0.695. The largest absolute Gasteiger partial charge is 0.370 e. The zero-order valence-electron chi connectivity index (χ0n) is 17.8. The van der Waals surface area contributed by atoms with Crippen LogP contribution in [0.3, 0.4) is 0 Å². The van der Waals surface area contributed by atoms with E-state index in [-0.39, 0.29) is 35.7 Å². The maximum atomic E-state index is 14.5. The van der Waals surface area contributed by atoms with Crippen LogP contribution in [0.25, 0.3) is 0 Å². The van der Waals surface area contributed by atoms with E-state index in [2.05, 4.69) is 12.2 Å². The van der Waals surface area contributed by atoms with Gasteiger partial charge in [-0.05, 0) is 49.4 Å². The summed E-state index contributed by atoms with van der Waals surface area (Å²) in [5, 5.41) is 3.18. The van der Waals surface area contributed by atoms with Crippen LogP contribution < -0.4 is 5.32 Å². The number of carbonyl (C=O) groups is 1. The van der Waals surface area contributed by atoms with E-state index in [0.29, 0.717) is 12.3 Å². The predicted molar refractivity (Wildman–Crippen MR) is 112 cm³/mol. The number of benzene rings is 2. The van der Waals surface area contributed by atoms with Gasteiger partial charge in [0.15, 0.2) is 11.6 Å². The summed E-state index contributed by atoms with van der Waals surface area (Å²) in [7, 11) is 0. The molecule has 166 valence electrons. The fourth-order valence-corrected chi connectivity index (χ4v) is 5.25. The number of amides is 1. The third-order valence-electron chi connectivity index (χ3n) is 6.85. The summed E-state index contributed by atoms with van der Waals surface area (Å²) in [6.07, 6.45) is 2.47. The van der Waals surface area contributed by atoms with Crippen LogP contribution in [0.15, 0.2) is 42.5 Å². The lowest BCUT2D eigenvalue weighted by Gasteiger charge is -2.52. The second-order valence-electron chi connectivity index (χ2n) is 9.30. The highest BCUT2D eigenvalue weighted by molar-refractivity contribution is 5.79. The van der Waals surface area contributed by atoms with E-state index >= 15 is 0 Å². The smallest absolute Gasteiger partial charge is 0.224 e. The van der Waals surface area contributed by atoms with Gasteiger partial charge in [-0.1, -0.05) is 37.6 Å². The van der Waals surface area contributed by atoms with Crippen LogP contribution in [0.4, 0.5) is 13.2 Å². The Morgan fingerprint density at radius 1 is 1.13 bits per heavy atom. The Hall–Kier alpha value is -2.34. The fraction of sp³-hybridized carbons (Fsp3) is 0.480. The molecule has 0 bridgehead atoms. The lowest BCUT2D eigenvalue weighted by molar-refractivity contribution is -0.154. The zero-order chi connectivity index (χ0) is 22.2. The third-order valence-corrected chi connectivity index (χ3v) is 6.85. The van der Waals surface area contributed by atoms with Gasteiger partial charge < -0.3 is 10.1 Å². The van der Waals surface area contributed by atoms with E-state index in [1.165, 1.54) is 18.2 Å². The van der Waals surface area contributed by atoms with Gasteiger partial charge in [-0.15, -0.1) is 0 Å². The molecule has 1 saturated heterocycles. The first kappa shape index (κ1) is 21.9. The minimum atomic E-state index is -0.901. The first-order valence-corrected chi connectivity index (χ1v) is 10.9. The van der Waals surface area contributed by atoms with Gasteiger partial charge >= 0.3 is 0 Å². The van der Waals surface area contributed by atoms with E-state index in [4.69, 9.17) is 4.74 Å². The lowest BCUT2D eigenvalue weighted by atomic mass is 9.66. The lowest BCUT2D eigenvalue weighted by Crippen LogP contribution is -2.60. The van der Waals surface area contributed by atoms with Crippen LogP contribution in [0, 0.1) is 29.3 Å². The first-order chi connectivity index (χ1) is 14.7. The summed E-state index contributed by atoms with van der Waals surface area (Å²) < 4.78 is 47.9. The van der Waals surface area contributed by atoms with Crippen molar-refractivity contribution < 1.29 is 22.7 Å². The average Bonchev–Trinajstić information content (AvgIpc) is 2.71. The van der Waals surface area contributed by atoms with Crippen LogP contribution in [-0.2, 0) is 16.0 Å². The fourth-order valence-electron chi connectivity index (χ4n) is 5.25. The van der Waals surface area contributed by atoms with Crippen molar-refractivity contribution in [2.45, 2.75) is 63.7 Å². The van der Waals surface area contributed by atoms with Crippen molar-refractivity contribution in [1.29, 1.82) is 0 Å². The number of carbonyl (C=O) groups excluding carboxylic acids is 1. The molecule has 2 aliphatic rings. The highest BCUT2D eigenvalue weighted by Crippen LogP contribution is 2.48. The van der Waals surface area contributed by atoms with Crippen molar-refractivity contribution in [2.24, 2.45) is 11.8 Å². The minimum absolute atomic E-state index is 0.0914. The van der Waals surface area contributed by atoms with Crippen molar-refractivity contribution >= 4 is 5.91 Å². The van der Waals surface area contributed by atoms with Crippen molar-refractivity contribution in [3.8, 4) is 0 Å². The predicted octanol–water partition coefficient (Wildman–Crippen LogP) is 5.49. The molecule has 4 rings (SSSR count). The summed E-state index contributed by atoms with van der Waals surface area (Å²) in [5.74, 6) is -1.76. The molecule has 1 aliphatic heterocycles. The molecular formula is C25H28F3NO2. The van der Waals surface area contributed by atoms with Crippen LogP contribution in [0.1, 0.15) is 56.8 Å². The summed E-state index contributed by atoms with van der Waals surface area (Å²) in [6, 6.07) is 9.99. The molecule has 0 radical (unpaired) electrons. The Morgan fingerprint density at radius 3 is 2.61 bits per heavy atom. The summed E-state index contributed by atoms with van der Waals surface area (Å²) in [6.45, 7) is 4.15. The van der Waals surface area contributed by atoms with Gasteiger partial charge in [0, 0.05) is 23.4 Å². The normalized spacial score (nSPS) is 30.5. The number of hydrogen-bond acceptors (Lipinski definition) is 2. The van der Waals surface area contributed by atoms with E-state index in [9.17, 15) is 18.0 Å². The molecule has 1 N–H and O–H groups in total. The van der Waals surface area contributed by atoms with Crippen LogP contribution in [-0.4, -0.2) is 17.6 Å². The van der Waals surface area contributed by atoms with Crippen molar-refractivity contribution in [1.82, 2.24) is 5.32 Å². The monoisotopic (exact) mass is 431 g/mol. The SMILES string of the molecule is C[C@H]1CC[C@H]2[C@H](C1)O[C@H](c1cccc(F)c1F)C[C@]2(C)NC(=O)Cc1ccc(F)cc1. The second kappa shape index (κ2) is 8.65. The number of fused-ring (bicyclic) bond motifs is 1. The van der Waals surface area contributed by atoms with Crippen LogP contribution in [0.2, 0.25) is 0 Å². The Balaban J connectivity index is 1.58. The van der Waals surface area contributed by atoms with Gasteiger partial charge in [0.25, 0.3) is 0 Å². The van der Waals surface area contributed by atoms with Crippen LogP contribution in [0.5, 0.6) is 0 Å². The summed E-state index contributed by atoms with van der Waals surface area (Å²) in [4.78, 5) is 12.9. The molecule has 1 amide bonds. The molecular weight excluding hydrogens is 403 g/mol. The maximum absolute atomic E-state index is 14.5. The van der Waals surface area contributed by atoms with E-state index in [1.54, 1.807) is 18.2 Å². The molecule has 5 atom stereocenters. The van der Waals surface area contributed by atoms with Crippen LogP contribution >= 0.6 is 0 Å². The molecule has 0 aromatic heterocycles. The van der Waals surface area contributed by atoms with Crippen molar-refractivity contribution in [3.63, 3.8) is 0 Å². The number of halogens is 3. The standard InChI is InChI=1S/C25H28F3NO2/c1-15-6-11-19-21(12-15)31-22(18-4-3-5-20(27)24(18)28)14-25(19,2)29-23(30)13-16-7-9-17(26)10-8-16/h3-5,7-10,15,19,21-22H,6,11-14H2,1-2H3,(H,29,30)/t15-,19-,21-,22-,25-/m0/s1. The molecule has 31 heavy (non-hydrogen) atoms. The van der Waals surface area contributed by atoms with Gasteiger partial charge in [-0.25, -0.2) is 13.2 Å². The molecule has 0 unspecified atom stereocenters. The van der Waals surface area contributed by atoms with Gasteiger partial charge in [-0.3, -0.25) is 4.79 Å². The second-order valence-corrected chi connectivity index (χ2v) is 9.30. The number of ether oxygens (including phenoxy) is 1. The van der Waals surface area contributed by atoms with E-state index in [1.807, 2.05) is 6.92 Å². The highest BCUT2D eigenvalue weighted by Gasteiger charge is 2.49. The van der Waals surface area contributed by atoms with E-state index < -0.39 is 23.3 Å². The maximum Gasteiger partial charge on any atom is 0.224 e. The number of hydrogen-bond donors (Lipinski definition) is 1. The molecule has 2 aromatic carbocycles. The zero-order valence-corrected chi connectivity index (χ0v) is 17.8. The van der Waals surface area contributed by atoms with Gasteiger partial charge in [-0.2, -0.15) is 0 Å². The topological polar surface area (TPSA) is 38.3 Å². The van der Waals surface area contributed by atoms with E-state index in [0.717, 1.165) is 30.9 Å². The Bertz CT molecular complexity index is 948. The van der Waals surface area contributed by atoms with Crippen molar-refractivity contribution in [2.75, 3.05) is 0 Å². The molecule has 6 heteroatoms. The Kier molecular flexibility index (Phi) is 6.11. The van der Waals surface area contributed by atoms with Crippen molar-refractivity contribution in [3.05, 3.63) is 71.0 Å². The molecule has 0 spiro atoms. The minimum Gasteiger partial charge on any atom is -0.370 e. The molecule has 1 aliphatic carbocycles. The molecule has 1 saturated carbocycles. The van der Waals surface area contributed by atoms with Gasteiger partial charge in [0.1, 0.15) is 5.82 Å². The highest BCUT2D eigenvalue weighted by atomic mass is 19.2. The third kappa shape index (κ3) is 4.64. The molecule has 3 nitrogen and oxygen atoms in total. The molecule has 2 fully saturated rings. The van der Waals surface area contributed by atoms with Gasteiger partial charge in [0.2, 0.25) is 5.91 Å². The molecule has 2 aromatic rings. The first-order valence-electron chi connectivity index (χ1n) is 10.9. The molecule has 1 heterocycles. The number of rotatable bonds is 4. The average molecular weight is 431 g/mol. The Morgan fingerprint density at radius 2 is 1.87 bits per heavy atom.